The average molecular weight is 464 g/mol. The fourth-order valence-corrected chi connectivity index (χ4v) is 4.45. The minimum Gasteiger partial charge on any atom is -0.465 e. The minimum atomic E-state index is -0.884. The van der Waals surface area contributed by atoms with Crippen LogP contribution in [0, 0.1) is 20.2 Å². The van der Waals surface area contributed by atoms with Crippen molar-refractivity contribution in [2.75, 3.05) is 26.1 Å². The van der Waals surface area contributed by atoms with Crippen molar-refractivity contribution in [3.05, 3.63) is 60.0 Å². The van der Waals surface area contributed by atoms with E-state index in [4.69, 9.17) is 9.47 Å². The average Bonchev–Trinajstić information content (AvgIpc) is 3.14. The highest BCUT2D eigenvalue weighted by Gasteiger charge is 2.31. The van der Waals surface area contributed by atoms with Crippen molar-refractivity contribution in [1.82, 2.24) is 4.90 Å². The maximum Gasteiger partial charge on any atom is 0.409 e. The molecular weight excluding hydrogens is 448 g/mol. The van der Waals surface area contributed by atoms with E-state index in [1.165, 1.54) is 19.1 Å². The molecule has 1 N–H and O–H groups in total. The van der Waals surface area contributed by atoms with Gasteiger partial charge in [-0.3, -0.25) is 25.0 Å². The van der Waals surface area contributed by atoms with Gasteiger partial charge in [0.2, 0.25) is 0 Å². The molecule has 0 aliphatic carbocycles. The topological polar surface area (TPSA) is 171 Å². The number of nitrogens with one attached hydrogen (secondary N) is 1. The van der Waals surface area contributed by atoms with Crippen LogP contribution in [0.5, 0.6) is 0 Å². The third-order valence-electron chi connectivity index (χ3n) is 4.69. The summed E-state index contributed by atoms with van der Waals surface area (Å²) in [5.74, 6) is -1.60. The van der Waals surface area contributed by atoms with E-state index in [-0.39, 0.29) is 29.2 Å². The van der Waals surface area contributed by atoms with Gasteiger partial charge in [-0.05, 0) is 12.0 Å². The number of ether oxygens (including phenoxy) is 2. The summed E-state index contributed by atoms with van der Waals surface area (Å²) in [5, 5.41) is 24.8. The Kier molecular flexibility index (Phi) is 6.34. The number of benzene rings is 1. The summed E-state index contributed by atoms with van der Waals surface area (Å²) in [5.41, 5.74) is -0.884. The van der Waals surface area contributed by atoms with Crippen LogP contribution in [0.4, 0.5) is 21.2 Å². The number of nitro benzene ring substituents is 2. The fraction of sp³-hybridized carbons (Fsp3) is 0.278. The summed E-state index contributed by atoms with van der Waals surface area (Å²) < 4.78 is 9.53. The first-order valence-corrected chi connectivity index (χ1v) is 9.78. The Bertz CT molecular complexity index is 1110. The molecule has 0 saturated heterocycles. The summed E-state index contributed by atoms with van der Waals surface area (Å²) >= 11 is 1.03. The standard InChI is InChI=1S/C18H16N4O9S/c1-30-17(24)14-12-3-4-20(18(25)31-2)8-13(12)32-16(14)19-15(23)9-5-10(21(26)27)7-11(6-9)22(28)29/h5-7H,3-4,8H2,1-2H3,(H,19,23). The molecule has 0 fully saturated rings. The number of carbonyl (C=O) groups excluding carboxylic acids is 3. The van der Waals surface area contributed by atoms with E-state index in [0.717, 1.165) is 29.5 Å². The molecule has 3 rings (SSSR count). The van der Waals surface area contributed by atoms with Gasteiger partial charge < -0.3 is 19.7 Å². The molecule has 14 heteroatoms. The molecule has 0 bridgehead atoms. The first kappa shape index (κ1) is 22.6. The van der Waals surface area contributed by atoms with Crippen molar-refractivity contribution in [1.29, 1.82) is 0 Å². The van der Waals surface area contributed by atoms with Crippen LogP contribution in [0.25, 0.3) is 0 Å². The number of nitro groups is 2. The largest absolute Gasteiger partial charge is 0.465 e. The maximum absolute atomic E-state index is 12.8. The molecule has 0 radical (unpaired) electrons. The Morgan fingerprint density at radius 2 is 1.69 bits per heavy atom. The van der Waals surface area contributed by atoms with Gasteiger partial charge in [0.25, 0.3) is 17.3 Å². The zero-order valence-electron chi connectivity index (χ0n) is 16.8. The Morgan fingerprint density at radius 3 is 2.22 bits per heavy atom. The third kappa shape index (κ3) is 4.34. The Labute approximate surface area is 183 Å². The smallest absolute Gasteiger partial charge is 0.409 e. The Balaban J connectivity index is 1.99. The van der Waals surface area contributed by atoms with E-state index < -0.39 is 39.2 Å². The molecule has 0 unspecified atom stereocenters. The molecule has 2 amide bonds. The Morgan fingerprint density at radius 1 is 1.06 bits per heavy atom. The van der Waals surface area contributed by atoms with Crippen LogP contribution in [0.3, 0.4) is 0 Å². The van der Waals surface area contributed by atoms with Gasteiger partial charge in [0.1, 0.15) is 5.00 Å². The van der Waals surface area contributed by atoms with Gasteiger partial charge in [0, 0.05) is 23.6 Å². The molecule has 13 nitrogen and oxygen atoms in total. The highest BCUT2D eigenvalue weighted by molar-refractivity contribution is 7.17. The van der Waals surface area contributed by atoms with E-state index in [0.29, 0.717) is 16.9 Å². The van der Waals surface area contributed by atoms with E-state index in [1.54, 1.807) is 0 Å². The van der Waals surface area contributed by atoms with Gasteiger partial charge in [-0.15, -0.1) is 11.3 Å². The predicted molar refractivity (Wildman–Crippen MR) is 110 cm³/mol. The highest BCUT2D eigenvalue weighted by atomic mass is 32.1. The van der Waals surface area contributed by atoms with Crippen molar-refractivity contribution in [3.63, 3.8) is 0 Å². The summed E-state index contributed by atoms with van der Waals surface area (Å²) in [7, 11) is 2.42. The van der Waals surface area contributed by atoms with Crippen molar-refractivity contribution in [2.45, 2.75) is 13.0 Å². The molecular formula is C18H16N4O9S. The molecule has 0 atom stereocenters. The first-order chi connectivity index (χ1) is 15.2. The predicted octanol–water partition coefficient (Wildman–Crippen LogP) is 2.73. The lowest BCUT2D eigenvalue weighted by molar-refractivity contribution is -0.394. The highest BCUT2D eigenvalue weighted by Crippen LogP contribution is 2.38. The lowest BCUT2D eigenvalue weighted by Gasteiger charge is -2.25. The lowest BCUT2D eigenvalue weighted by Crippen LogP contribution is -2.35. The number of non-ortho nitro benzene ring substituents is 2. The number of esters is 1. The second-order valence-corrected chi connectivity index (χ2v) is 7.65. The van der Waals surface area contributed by atoms with Gasteiger partial charge in [0.15, 0.2) is 0 Å². The Hall–Kier alpha value is -4.07. The third-order valence-corrected chi connectivity index (χ3v) is 5.82. The van der Waals surface area contributed by atoms with Crippen LogP contribution in [-0.2, 0) is 22.4 Å². The van der Waals surface area contributed by atoms with Crippen LogP contribution >= 0.6 is 11.3 Å². The molecule has 0 saturated carbocycles. The zero-order valence-corrected chi connectivity index (χ0v) is 17.6. The zero-order chi connectivity index (χ0) is 23.6. The lowest BCUT2D eigenvalue weighted by atomic mass is 10.0. The number of thiophene rings is 1. The molecule has 1 aliphatic rings. The van der Waals surface area contributed by atoms with E-state index >= 15 is 0 Å². The number of fused-ring (bicyclic) bond motifs is 1. The molecule has 1 aliphatic heterocycles. The monoisotopic (exact) mass is 464 g/mol. The van der Waals surface area contributed by atoms with Crippen molar-refractivity contribution in [3.8, 4) is 0 Å². The maximum atomic E-state index is 12.8. The second-order valence-electron chi connectivity index (χ2n) is 6.55. The van der Waals surface area contributed by atoms with Gasteiger partial charge in [0.05, 0.1) is 47.8 Å². The number of carbonyl (C=O) groups is 3. The number of methoxy groups -OCH3 is 2. The molecule has 168 valence electrons. The quantitative estimate of drug-likeness (QED) is 0.397. The summed E-state index contributed by atoms with van der Waals surface area (Å²) in [6, 6.07) is 2.53. The number of amides is 2. The fourth-order valence-electron chi connectivity index (χ4n) is 3.21. The first-order valence-electron chi connectivity index (χ1n) is 8.97. The molecule has 2 heterocycles. The van der Waals surface area contributed by atoms with Crippen molar-refractivity contribution >= 4 is 45.7 Å². The van der Waals surface area contributed by atoms with Gasteiger partial charge in [-0.2, -0.15) is 0 Å². The molecule has 0 spiro atoms. The SMILES string of the molecule is COC(=O)c1c(NC(=O)c2cc([N+](=O)[O-])cc([N+](=O)[O-])c2)sc2c1CCN(C(=O)OC)C2. The number of hydrogen-bond acceptors (Lipinski definition) is 10. The molecule has 1 aromatic carbocycles. The van der Waals surface area contributed by atoms with Crippen molar-refractivity contribution in [2.24, 2.45) is 0 Å². The van der Waals surface area contributed by atoms with Crippen LogP contribution < -0.4 is 5.32 Å². The number of anilines is 1. The number of rotatable bonds is 5. The molecule has 1 aromatic heterocycles. The number of nitrogens with zero attached hydrogens (tertiary/aromatic N) is 3. The van der Waals surface area contributed by atoms with Crippen LogP contribution in [0.1, 0.15) is 31.2 Å². The molecule has 32 heavy (non-hydrogen) atoms. The summed E-state index contributed by atoms with van der Waals surface area (Å²) in [4.78, 5) is 59.5. The summed E-state index contributed by atoms with van der Waals surface area (Å²) in [6.45, 7) is 0.430. The van der Waals surface area contributed by atoms with Crippen molar-refractivity contribution < 1.29 is 33.7 Å². The molecule has 2 aromatic rings. The van der Waals surface area contributed by atoms with Crippen LogP contribution in [0.15, 0.2) is 18.2 Å². The van der Waals surface area contributed by atoms with Crippen LogP contribution in [-0.4, -0.2) is 53.5 Å². The van der Waals surface area contributed by atoms with Crippen LogP contribution in [0.2, 0.25) is 0 Å². The van der Waals surface area contributed by atoms with Gasteiger partial charge >= 0.3 is 12.1 Å². The van der Waals surface area contributed by atoms with Gasteiger partial charge in [-0.1, -0.05) is 0 Å². The van der Waals surface area contributed by atoms with E-state index in [9.17, 15) is 34.6 Å². The summed E-state index contributed by atoms with van der Waals surface area (Å²) in [6.07, 6.45) is -0.234. The second kappa shape index (κ2) is 8.97. The van der Waals surface area contributed by atoms with E-state index in [2.05, 4.69) is 5.32 Å². The van der Waals surface area contributed by atoms with E-state index in [1.807, 2.05) is 0 Å². The minimum absolute atomic E-state index is 0.102. The van der Waals surface area contributed by atoms with Gasteiger partial charge in [-0.25, -0.2) is 9.59 Å². The number of hydrogen-bond donors (Lipinski definition) is 1. The normalized spacial score (nSPS) is 12.5.